The summed E-state index contributed by atoms with van der Waals surface area (Å²) in [5, 5.41) is 11.1. The lowest BCUT2D eigenvalue weighted by Crippen LogP contribution is -2.27. The first-order valence-electron chi connectivity index (χ1n) is 7.14. The van der Waals surface area contributed by atoms with Crippen LogP contribution in [0.5, 0.6) is 0 Å². The molecule has 0 N–H and O–H groups in total. The van der Waals surface area contributed by atoms with Crippen molar-refractivity contribution >= 4 is 17.2 Å². The molecule has 1 saturated heterocycles. The van der Waals surface area contributed by atoms with Gasteiger partial charge in [-0.15, -0.1) is 0 Å². The van der Waals surface area contributed by atoms with Crippen LogP contribution in [0.25, 0.3) is 0 Å². The Morgan fingerprint density at radius 1 is 1.15 bits per heavy atom. The van der Waals surface area contributed by atoms with Crippen LogP contribution in [0.15, 0.2) is 18.2 Å². The van der Waals surface area contributed by atoms with E-state index in [-0.39, 0.29) is 17.0 Å². The van der Waals surface area contributed by atoms with Crippen LogP contribution >= 0.6 is 0 Å². The molecule has 0 bridgehead atoms. The smallest absolute Gasteiger partial charge is 0.282 e. The zero-order chi connectivity index (χ0) is 14.5. The molecule has 1 aliphatic heterocycles. The summed E-state index contributed by atoms with van der Waals surface area (Å²) in [7, 11) is 0. The summed E-state index contributed by atoms with van der Waals surface area (Å²) < 4.78 is 0. The third-order valence-electron chi connectivity index (χ3n) is 3.78. The van der Waals surface area contributed by atoms with E-state index in [1.165, 1.54) is 26.2 Å². The van der Waals surface area contributed by atoms with E-state index in [9.17, 15) is 14.9 Å². The average Bonchev–Trinajstić information content (AvgIpc) is 2.37. The van der Waals surface area contributed by atoms with Gasteiger partial charge in [0.1, 0.15) is 0 Å². The zero-order valence-electron chi connectivity index (χ0n) is 11.8. The first-order chi connectivity index (χ1) is 9.59. The number of anilines is 1. The lowest BCUT2D eigenvalue weighted by Gasteiger charge is -2.26. The molecule has 1 fully saturated rings. The molecule has 0 aliphatic carbocycles. The molecule has 2 rings (SSSR count). The highest BCUT2D eigenvalue weighted by atomic mass is 16.6. The van der Waals surface area contributed by atoms with E-state index in [1.807, 2.05) is 6.07 Å². The minimum atomic E-state index is -0.468. The molecule has 1 aliphatic rings. The van der Waals surface area contributed by atoms with Gasteiger partial charge in [-0.2, -0.15) is 0 Å². The minimum Gasteiger partial charge on any atom is -0.371 e. The third-order valence-corrected chi connectivity index (χ3v) is 3.78. The van der Waals surface area contributed by atoms with Crippen molar-refractivity contribution in [2.75, 3.05) is 18.0 Å². The molecular formula is C15H20N2O3. The number of nitro benzene ring substituents is 1. The number of benzene rings is 1. The van der Waals surface area contributed by atoms with Crippen LogP contribution in [0.2, 0.25) is 0 Å². The maximum absolute atomic E-state index is 11.4. The number of nitrogens with zero attached hydrogens (tertiary/aromatic N) is 2. The molecule has 0 amide bonds. The fourth-order valence-electron chi connectivity index (χ4n) is 2.67. The van der Waals surface area contributed by atoms with Crippen molar-refractivity contribution in [3.05, 3.63) is 33.9 Å². The van der Waals surface area contributed by atoms with E-state index in [1.54, 1.807) is 12.1 Å². The van der Waals surface area contributed by atoms with Crippen LogP contribution in [-0.4, -0.2) is 23.8 Å². The molecule has 0 radical (unpaired) electrons. The first kappa shape index (κ1) is 14.5. The summed E-state index contributed by atoms with van der Waals surface area (Å²) in [6.45, 7) is 3.21. The summed E-state index contributed by atoms with van der Waals surface area (Å²) in [6, 6.07) is 4.94. The number of hydrogen-bond donors (Lipinski definition) is 0. The van der Waals surface area contributed by atoms with Gasteiger partial charge in [0.15, 0.2) is 5.78 Å². The van der Waals surface area contributed by atoms with Gasteiger partial charge in [0.2, 0.25) is 0 Å². The molecule has 108 valence electrons. The maximum atomic E-state index is 11.4. The lowest BCUT2D eigenvalue weighted by atomic mass is 10.1. The van der Waals surface area contributed by atoms with E-state index in [0.717, 1.165) is 31.6 Å². The Morgan fingerprint density at radius 2 is 1.75 bits per heavy atom. The topological polar surface area (TPSA) is 63.5 Å². The Bertz CT molecular complexity index is 506. The highest BCUT2D eigenvalue weighted by Crippen LogP contribution is 2.27. The maximum Gasteiger partial charge on any atom is 0.282 e. The summed E-state index contributed by atoms with van der Waals surface area (Å²) in [5.41, 5.74) is 0.950. The SMILES string of the molecule is CC(=O)c1ccc(N2CCCCCCC2)cc1[N+](=O)[O-]. The van der Waals surface area contributed by atoms with Gasteiger partial charge < -0.3 is 4.90 Å². The minimum absolute atomic E-state index is 0.0861. The molecule has 1 aromatic rings. The van der Waals surface area contributed by atoms with Crippen molar-refractivity contribution in [1.82, 2.24) is 0 Å². The van der Waals surface area contributed by atoms with Crippen molar-refractivity contribution in [3.63, 3.8) is 0 Å². The monoisotopic (exact) mass is 276 g/mol. The summed E-state index contributed by atoms with van der Waals surface area (Å²) >= 11 is 0. The fraction of sp³-hybridized carbons (Fsp3) is 0.533. The second kappa shape index (κ2) is 6.50. The highest BCUT2D eigenvalue weighted by Gasteiger charge is 2.20. The number of nitro groups is 1. The molecule has 5 heteroatoms. The second-order valence-electron chi connectivity index (χ2n) is 5.27. The van der Waals surface area contributed by atoms with Crippen LogP contribution in [0.4, 0.5) is 11.4 Å². The highest BCUT2D eigenvalue weighted by molar-refractivity contribution is 5.98. The molecule has 5 nitrogen and oxygen atoms in total. The fourth-order valence-corrected chi connectivity index (χ4v) is 2.67. The average molecular weight is 276 g/mol. The molecular weight excluding hydrogens is 256 g/mol. The Balaban J connectivity index is 2.29. The van der Waals surface area contributed by atoms with E-state index in [0.29, 0.717) is 0 Å². The predicted octanol–water partition coefficient (Wildman–Crippen LogP) is 3.57. The van der Waals surface area contributed by atoms with Gasteiger partial charge >= 0.3 is 0 Å². The van der Waals surface area contributed by atoms with Crippen molar-refractivity contribution in [1.29, 1.82) is 0 Å². The molecule has 0 spiro atoms. The normalized spacial score (nSPS) is 16.4. The molecule has 1 aromatic carbocycles. The van der Waals surface area contributed by atoms with Crippen molar-refractivity contribution < 1.29 is 9.72 Å². The van der Waals surface area contributed by atoms with Crippen LogP contribution < -0.4 is 4.90 Å². The quantitative estimate of drug-likeness (QED) is 0.481. The Morgan fingerprint density at radius 3 is 2.30 bits per heavy atom. The van der Waals surface area contributed by atoms with Crippen LogP contribution in [-0.2, 0) is 0 Å². The van der Waals surface area contributed by atoms with E-state index < -0.39 is 4.92 Å². The number of carbonyl (C=O) groups is 1. The van der Waals surface area contributed by atoms with Gasteiger partial charge in [0, 0.05) is 24.8 Å². The number of carbonyl (C=O) groups excluding carboxylic acids is 1. The summed E-state index contributed by atoms with van der Waals surface area (Å²) in [4.78, 5) is 24.3. The molecule has 1 heterocycles. The van der Waals surface area contributed by atoms with Gasteiger partial charge in [-0.3, -0.25) is 14.9 Å². The van der Waals surface area contributed by atoms with Gasteiger partial charge in [-0.05, 0) is 31.9 Å². The molecule has 20 heavy (non-hydrogen) atoms. The second-order valence-corrected chi connectivity index (χ2v) is 5.27. The van der Waals surface area contributed by atoms with Gasteiger partial charge in [-0.25, -0.2) is 0 Å². The van der Waals surface area contributed by atoms with Gasteiger partial charge in [0.05, 0.1) is 10.5 Å². The summed E-state index contributed by atoms with van der Waals surface area (Å²) in [5.74, 6) is -0.268. The van der Waals surface area contributed by atoms with Crippen LogP contribution in [0, 0.1) is 10.1 Å². The Labute approximate surface area is 118 Å². The molecule has 0 atom stereocenters. The largest absolute Gasteiger partial charge is 0.371 e. The van der Waals surface area contributed by atoms with Crippen molar-refractivity contribution in [3.8, 4) is 0 Å². The van der Waals surface area contributed by atoms with E-state index in [4.69, 9.17) is 0 Å². The Kier molecular flexibility index (Phi) is 4.71. The van der Waals surface area contributed by atoms with Gasteiger partial charge in [0.25, 0.3) is 5.69 Å². The van der Waals surface area contributed by atoms with E-state index in [2.05, 4.69) is 4.90 Å². The number of ketones is 1. The van der Waals surface area contributed by atoms with E-state index >= 15 is 0 Å². The summed E-state index contributed by atoms with van der Waals surface area (Å²) in [6.07, 6.45) is 5.93. The standard InChI is InChI=1S/C15H20N2O3/c1-12(18)14-8-7-13(11-15(14)17(19)20)16-9-5-3-2-4-6-10-16/h7-8,11H,2-6,9-10H2,1H3. The molecule has 0 aromatic heterocycles. The zero-order valence-corrected chi connectivity index (χ0v) is 11.8. The third kappa shape index (κ3) is 3.35. The Hall–Kier alpha value is -1.91. The van der Waals surface area contributed by atoms with Gasteiger partial charge in [-0.1, -0.05) is 19.3 Å². The first-order valence-corrected chi connectivity index (χ1v) is 7.14. The number of rotatable bonds is 3. The van der Waals surface area contributed by atoms with Crippen LogP contribution in [0.1, 0.15) is 49.4 Å². The number of Topliss-reactive ketones (excluding diaryl/α,β-unsaturated/α-hetero) is 1. The van der Waals surface area contributed by atoms with Crippen molar-refractivity contribution in [2.24, 2.45) is 0 Å². The molecule has 0 unspecified atom stereocenters. The lowest BCUT2D eigenvalue weighted by molar-refractivity contribution is -0.385. The van der Waals surface area contributed by atoms with Crippen molar-refractivity contribution in [2.45, 2.75) is 39.0 Å². The van der Waals surface area contributed by atoms with Crippen LogP contribution in [0.3, 0.4) is 0 Å². The number of hydrogen-bond acceptors (Lipinski definition) is 4. The predicted molar refractivity (Wildman–Crippen MR) is 78.4 cm³/mol. The molecule has 0 saturated carbocycles.